The van der Waals surface area contributed by atoms with Crippen LogP contribution in [0, 0.1) is 0 Å². The number of halogens is 2. The van der Waals surface area contributed by atoms with Gasteiger partial charge in [0.05, 0.1) is 14.4 Å². The molecule has 0 saturated carbocycles. The van der Waals surface area contributed by atoms with E-state index in [1.807, 2.05) is 0 Å². The van der Waals surface area contributed by atoms with E-state index in [2.05, 4.69) is 0 Å². The Bertz CT molecular complexity index is 1110. The van der Waals surface area contributed by atoms with Crippen LogP contribution in [0.2, 0.25) is 0 Å². The summed E-state index contributed by atoms with van der Waals surface area (Å²) in [4.78, 5) is 40.7. The van der Waals surface area contributed by atoms with Crippen LogP contribution in [0.4, 0.5) is 8.78 Å². The molecule has 0 radical (unpaired) electrons. The van der Waals surface area contributed by atoms with Crippen molar-refractivity contribution < 1.29 is 60.6 Å². The van der Waals surface area contributed by atoms with E-state index in [9.17, 15) is 28.0 Å². The number of hydrogen-bond acceptors (Lipinski definition) is 11. The molecule has 2 N–H and O–H groups in total. The first-order chi connectivity index (χ1) is 19.0. The van der Waals surface area contributed by atoms with Gasteiger partial charge in [-0.1, -0.05) is 0 Å². The molecular formula is C26H28F2O11. The zero-order chi connectivity index (χ0) is 29.5. The highest BCUT2D eigenvalue weighted by Crippen LogP contribution is 2.11. The van der Waals surface area contributed by atoms with Crippen molar-refractivity contribution >= 4 is 25.1 Å². The van der Waals surface area contributed by atoms with Gasteiger partial charge in [0.15, 0.2) is 48.2 Å². The average Bonchev–Trinajstić information content (AvgIpc) is 3.83. The fraction of sp³-hybridized carbons (Fsp3) is 0.231. The number of rotatable bonds is 10. The zero-order valence-corrected chi connectivity index (χ0v) is 21.1. The fourth-order valence-electron chi connectivity index (χ4n) is 2.41. The summed E-state index contributed by atoms with van der Waals surface area (Å²) in [5.74, 6) is 2.99. The standard InChI is InChI=1S/C12H10O5.2C6H6O3.2CH3F/c13-5-9-1-3-11(16-9)7-15-8-12-4-2-10(6-14)17-12;2*7-3-5-1-2-6(4-8)9-5;2*1-2/h1-6H,7-8H2;2*1-3,8H,4H2;2*1H3. The van der Waals surface area contributed by atoms with Gasteiger partial charge in [0.25, 0.3) is 0 Å². The normalized spacial score (nSPS) is 9.18. The van der Waals surface area contributed by atoms with Crippen LogP contribution in [0.15, 0.2) is 66.2 Å². The number of furan rings is 4. The summed E-state index contributed by atoms with van der Waals surface area (Å²) >= 11 is 0. The number of carbonyl (C=O) groups is 4. The highest BCUT2D eigenvalue weighted by atomic mass is 19.1. The van der Waals surface area contributed by atoms with E-state index in [4.69, 9.17) is 32.6 Å². The summed E-state index contributed by atoms with van der Waals surface area (Å²) < 4.78 is 44.1. The number of aliphatic hydroxyl groups is 2. The number of alkyl halides is 2. The lowest BCUT2D eigenvalue weighted by molar-refractivity contribution is 0.0780. The quantitative estimate of drug-likeness (QED) is 0.263. The number of carbonyl (C=O) groups excluding carboxylic acids is 4. The molecule has 11 nitrogen and oxygen atoms in total. The van der Waals surface area contributed by atoms with Crippen LogP contribution in [0.1, 0.15) is 65.3 Å². The van der Waals surface area contributed by atoms with Crippen LogP contribution in [0.5, 0.6) is 0 Å². The van der Waals surface area contributed by atoms with E-state index < -0.39 is 0 Å². The Kier molecular flexibility index (Phi) is 19.1. The second kappa shape index (κ2) is 21.6. The topological polar surface area (TPSA) is 171 Å². The first kappa shape index (κ1) is 34.5. The van der Waals surface area contributed by atoms with E-state index in [-0.39, 0.29) is 49.5 Å². The smallest absolute Gasteiger partial charge is 0.185 e. The minimum atomic E-state index is -0.159. The molecule has 0 amide bonds. The lowest BCUT2D eigenvalue weighted by atomic mass is 10.4. The molecule has 0 fully saturated rings. The van der Waals surface area contributed by atoms with Gasteiger partial charge in [0.1, 0.15) is 49.5 Å². The summed E-state index contributed by atoms with van der Waals surface area (Å²) in [6.45, 7) is 0.164. The number of ether oxygens (including phenoxy) is 1. The molecule has 4 heterocycles. The van der Waals surface area contributed by atoms with Crippen molar-refractivity contribution in [1.29, 1.82) is 0 Å². The van der Waals surface area contributed by atoms with Crippen molar-refractivity contribution in [1.82, 2.24) is 0 Å². The molecule has 0 aromatic carbocycles. The van der Waals surface area contributed by atoms with Gasteiger partial charge in [0.2, 0.25) is 0 Å². The predicted octanol–water partition coefficient (Wildman–Crippen LogP) is 4.55. The number of aliphatic hydroxyl groups excluding tert-OH is 2. The molecule has 4 aromatic rings. The Balaban J connectivity index is 0.000000559. The molecule has 39 heavy (non-hydrogen) atoms. The third-order valence-corrected chi connectivity index (χ3v) is 3.99. The van der Waals surface area contributed by atoms with Crippen molar-refractivity contribution in [3.8, 4) is 0 Å². The SMILES string of the molecule is CF.CF.O=Cc1ccc(CO)o1.O=Cc1ccc(CO)o1.O=Cc1ccc(COCc2ccc(C=O)o2)o1. The van der Waals surface area contributed by atoms with E-state index in [1.165, 1.54) is 12.1 Å². The average molecular weight is 554 g/mol. The lowest BCUT2D eigenvalue weighted by Gasteiger charge is -1.98. The lowest BCUT2D eigenvalue weighted by Crippen LogP contribution is -1.91. The Hall–Kier alpha value is -4.46. The second-order valence-corrected chi connectivity index (χ2v) is 6.50. The molecule has 0 aliphatic heterocycles. The van der Waals surface area contributed by atoms with Crippen LogP contribution in [0.25, 0.3) is 0 Å². The molecule has 0 aliphatic carbocycles. The zero-order valence-electron chi connectivity index (χ0n) is 21.1. The summed E-state index contributed by atoms with van der Waals surface area (Å²) in [6.07, 6.45) is 2.46. The molecule has 0 spiro atoms. The van der Waals surface area contributed by atoms with Gasteiger partial charge in [-0.05, 0) is 48.5 Å². The molecule has 0 atom stereocenters. The van der Waals surface area contributed by atoms with Gasteiger partial charge < -0.3 is 32.6 Å². The summed E-state index contributed by atoms with van der Waals surface area (Å²) in [6, 6.07) is 12.6. The number of aldehydes is 4. The van der Waals surface area contributed by atoms with E-state index in [0.717, 1.165) is 0 Å². The maximum absolute atomic E-state index is 10.4. The van der Waals surface area contributed by atoms with Crippen molar-refractivity contribution in [2.75, 3.05) is 14.4 Å². The summed E-state index contributed by atoms with van der Waals surface area (Å²) in [5, 5.41) is 16.9. The molecule has 13 heteroatoms. The monoisotopic (exact) mass is 554 g/mol. The first-order valence-electron chi connectivity index (χ1n) is 10.8. The van der Waals surface area contributed by atoms with Crippen LogP contribution < -0.4 is 0 Å². The molecule has 212 valence electrons. The first-order valence-corrected chi connectivity index (χ1v) is 10.8. The van der Waals surface area contributed by atoms with Crippen LogP contribution in [-0.4, -0.2) is 49.7 Å². The van der Waals surface area contributed by atoms with Crippen molar-refractivity contribution in [3.63, 3.8) is 0 Å². The predicted molar refractivity (Wildman–Crippen MR) is 131 cm³/mol. The Morgan fingerprint density at radius 2 is 0.795 bits per heavy atom. The summed E-state index contributed by atoms with van der Waals surface area (Å²) in [5.41, 5.74) is 0. The fourth-order valence-corrected chi connectivity index (χ4v) is 2.41. The second-order valence-electron chi connectivity index (χ2n) is 6.50. The van der Waals surface area contributed by atoms with E-state index in [1.54, 1.807) is 36.4 Å². The molecular weight excluding hydrogens is 526 g/mol. The summed E-state index contributed by atoms with van der Waals surface area (Å²) in [7, 11) is 1.00. The highest BCUT2D eigenvalue weighted by Gasteiger charge is 2.04. The number of hydrogen-bond donors (Lipinski definition) is 2. The Morgan fingerprint density at radius 1 is 0.538 bits per heavy atom. The Labute approximate surface area is 221 Å². The molecule has 0 unspecified atom stereocenters. The minimum absolute atomic E-state index is 0.159. The Morgan fingerprint density at radius 3 is 1.00 bits per heavy atom. The maximum Gasteiger partial charge on any atom is 0.185 e. The van der Waals surface area contributed by atoms with Crippen LogP contribution in [0.3, 0.4) is 0 Å². The molecule has 4 aromatic heterocycles. The van der Waals surface area contributed by atoms with Gasteiger partial charge in [0, 0.05) is 0 Å². The van der Waals surface area contributed by atoms with Gasteiger partial charge in [-0.15, -0.1) is 0 Å². The van der Waals surface area contributed by atoms with Gasteiger partial charge in [-0.2, -0.15) is 0 Å². The van der Waals surface area contributed by atoms with Gasteiger partial charge >= 0.3 is 0 Å². The molecule has 0 aliphatic rings. The van der Waals surface area contributed by atoms with Crippen molar-refractivity contribution in [2.45, 2.75) is 26.4 Å². The molecule has 4 rings (SSSR count). The highest BCUT2D eigenvalue weighted by molar-refractivity contribution is 5.71. The van der Waals surface area contributed by atoms with Crippen molar-refractivity contribution in [2.24, 2.45) is 0 Å². The van der Waals surface area contributed by atoms with Crippen LogP contribution in [-0.2, 0) is 31.2 Å². The van der Waals surface area contributed by atoms with Gasteiger partial charge in [-0.25, -0.2) is 0 Å². The third kappa shape index (κ3) is 13.6. The van der Waals surface area contributed by atoms with E-state index >= 15 is 0 Å². The minimum Gasteiger partial charge on any atom is -0.456 e. The van der Waals surface area contributed by atoms with E-state index in [0.29, 0.717) is 62.5 Å². The molecule has 0 bridgehead atoms. The third-order valence-electron chi connectivity index (χ3n) is 3.99. The van der Waals surface area contributed by atoms with Crippen LogP contribution >= 0.6 is 0 Å². The van der Waals surface area contributed by atoms with Crippen molar-refractivity contribution in [3.05, 3.63) is 94.6 Å². The van der Waals surface area contributed by atoms with Gasteiger partial charge in [-0.3, -0.25) is 28.0 Å². The maximum atomic E-state index is 10.4. The largest absolute Gasteiger partial charge is 0.456 e. The molecule has 0 saturated heterocycles.